The Kier molecular flexibility index (Phi) is 4.32. The van der Waals surface area contributed by atoms with Crippen molar-refractivity contribution < 1.29 is 0 Å². The first-order valence-corrected chi connectivity index (χ1v) is 8.55. The molecule has 0 unspecified atom stereocenters. The van der Waals surface area contributed by atoms with Crippen molar-refractivity contribution in [2.75, 3.05) is 0 Å². The highest BCUT2D eigenvalue weighted by molar-refractivity contribution is 6.30. The van der Waals surface area contributed by atoms with Gasteiger partial charge < -0.3 is 0 Å². The van der Waals surface area contributed by atoms with E-state index in [1.807, 2.05) is 42.6 Å². The molecule has 0 amide bonds. The van der Waals surface area contributed by atoms with Gasteiger partial charge in [-0.25, -0.2) is 0 Å². The van der Waals surface area contributed by atoms with Crippen LogP contribution < -0.4 is 0 Å². The van der Waals surface area contributed by atoms with Crippen molar-refractivity contribution in [2.24, 2.45) is 0 Å². The Labute approximate surface area is 152 Å². The van der Waals surface area contributed by atoms with Gasteiger partial charge in [0.05, 0.1) is 5.69 Å². The summed E-state index contributed by atoms with van der Waals surface area (Å²) in [7, 11) is 0. The first-order valence-electron chi connectivity index (χ1n) is 8.17. The van der Waals surface area contributed by atoms with Gasteiger partial charge in [0.15, 0.2) is 0 Å². The molecule has 25 heavy (non-hydrogen) atoms. The summed E-state index contributed by atoms with van der Waals surface area (Å²) in [6, 6.07) is 30.9. The monoisotopic (exact) mass is 341 g/mol. The van der Waals surface area contributed by atoms with Gasteiger partial charge in [0.25, 0.3) is 0 Å². The zero-order chi connectivity index (χ0) is 17.1. The highest BCUT2D eigenvalue weighted by atomic mass is 35.5. The molecule has 0 fully saturated rings. The van der Waals surface area contributed by atoms with Crippen molar-refractivity contribution in [3.8, 4) is 33.5 Å². The van der Waals surface area contributed by atoms with E-state index in [-0.39, 0.29) is 0 Å². The lowest BCUT2D eigenvalue weighted by Gasteiger charge is -2.08. The second kappa shape index (κ2) is 6.92. The van der Waals surface area contributed by atoms with Gasteiger partial charge in [0, 0.05) is 16.8 Å². The van der Waals surface area contributed by atoms with Gasteiger partial charge >= 0.3 is 0 Å². The first-order chi connectivity index (χ1) is 12.3. The fourth-order valence-electron chi connectivity index (χ4n) is 2.90. The van der Waals surface area contributed by atoms with Gasteiger partial charge in [-0.15, -0.1) is 0 Å². The average Bonchev–Trinajstić information content (AvgIpc) is 2.69. The third-order valence-electron chi connectivity index (χ3n) is 4.20. The number of hydrogen-bond donors (Lipinski definition) is 0. The largest absolute Gasteiger partial charge is 0.256 e. The van der Waals surface area contributed by atoms with Crippen LogP contribution in [0.3, 0.4) is 0 Å². The highest BCUT2D eigenvalue weighted by Crippen LogP contribution is 2.28. The molecule has 0 saturated carbocycles. The second-order valence-corrected chi connectivity index (χ2v) is 6.32. The molecule has 1 nitrogen and oxygen atoms in total. The summed E-state index contributed by atoms with van der Waals surface area (Å²) in [6.45, 7) is 0. The van der Waals surface area contributed by atoms with Gasteiger partial charge in [-0.3, -0.25) is 4.98 Å². The predicted molar refractivity (Wildman–Crippen MR) is 106 cm³/mol. The molecule has 3 aromatic carbocycles. The summed E-state index contributed by atoms with van der Waals surface area (Å²) < 4.78 is 0. The quantitative estimate of drug-likeness (QED) is 0.402. The minimum atomic E-state index is 0.732. The van der Waals surface area contributed by atoms with Crippen LogP contribution in [0.15, 0.2) is 97.2 Å². The molecule has 2 heteroatoms. The molecule has 0 aliphatic heterocycles. The second-order valence-electron chi connectivity index (χ2n) is 5.88. The Bertz CT molecular complexity index is 992. The van der Waals surface area contributed by atoms with Crippen LogP contribution in [-0.2, 0) is 0 Å². The number of benzene rings is 3. The zero-order valence-corrected chi connectivity index (χ0v) is 14.3. The van der Waals surface area contributed by atoms with Crippen molar-refractivity contribution in [1.82, 2.24) is 4.98 Å². The van der Waals surface area contributed by atoms with Crippen molar-refractivity contribution >= 4 is 11.6 Å². The van der Waals surface area contributed by atoms with Gasteiger partial charge in [-0.2, -0.15) is 0 Å². The summed E-state index contributed by atoms with van der Waals surface area (Å²) in [6.07, 6.45) is 1.86. The molecular weight excluding hydrogens is 326 g/mol. The molecule has 0 spiro atoms. The van der Waals surface area contributed by atoms with Crippen molar-refractivity contribution in [3.05, 3.63) is 102 Å². The lowest BCUT2D eigenvalue weighted by atomic mass is 9.98. The van der Waals surface area contributed by atoms with Crippen LogP contribution in [0.4, 0.5) is 0 Å². The van der Waals surface area contributed by atoms with E-state index in [2.05, 4.69) is 59.6 Å². The molecule has 1 aromatic heterocycles. The molecule has 4 rings (SSSR count). The van der Waals surface area contributed by atoms with E-state index >= 15 is 0 Å². The fourth-order valence-corrected chi connectivity index (χ4v) is 3.02. The molecule has 0 atom stereocenters. The Morgan fingerprint density at radius 3 is 1.92 bits per heavy atom. The SMILES string of the molecule is Clc1ccc(-c2cc(-c3cccc(-c4ccccc4)c3)ccn2)cc1. The third-order valence-corrected chi connectivity index (χ3v) is 4.45. The van der Waals surface area contributed by atoms with Gasteiger partial charge in [0.1, 0.15) is 0 Å². The van der Waals surface area contributed by atoms with Crippen LogP contribution in [0.2, 0.25) is 5.02 Å². The van der Waals surface area contributed by atoms with Gasteiger partial charge in [-0.05, 0) is 52.6 Å². The Morgan fingerprint density at radius 2 is 1.16 bits per heavy atom. The molecule has 0 radical (unpaired) electrons. The van der Waals surface area contributed by atoms with E-state index in [1.165, 1.54) is 16.7 Å². The summed E-state index contributed by atoms with van der Waals surface area (Å²) in [4.78, 5) is 4.50. The Balaban J connectivity index is 1.73. The molecule has 1 heterocycles. The summed E-state index contributed by atoms with van der Waals surface area (Å²) in [5, 5.41) is 0.732. The van der Waals surface area contributed by atoms with E-state index < -0.39 is 0 Å². The molecule has 0 aliphatic carbocycles. The van der Waals surface area contributed by atoms with Crippen LogP contribution >= 0.6 is 11.6 Å². The molecule has 0 aliphatic rings. The molecular formula is C23H16ClN. The maximum Gasteiger partial charge on any atom is 0.0708 e. The van der Waals surface area contributed by atoms with Crippen LogP contribution in [0.25, 0.3) is 33.5 Å². The van der Waals surface area contributed by atoms with Crippen molar-refractivity contribution in [2.45, 2.75) is 0 Å². The van der Waals surface area contributed by atoms with Crippen LogP contribution in [0, 0.1) is 0 Å². The van der Waals surface area contributed by atoms with E-state index in [1.54, 1.807) is 0 Å². The predicted octanol–water partition coefficient (Wildman–Crippen LogP) is 6.74. The number of hydrogen-bond acceptors (Lipinski definition) is 1. The summed E-state index contributed by atoms with van der Waals surface area (Å²) >= 11 is 5.98. The topological polar surface area (TPSA) is 12.9 Å². The van der Waals surface area contributed by atoms with Crippen LogP contribution in [0.5, 0.6) is 0 Å². The summed E-state index contributed by atoms with van der Waals surface area (Å²) in [5.41, 5.74) is 6.76. The van der Waals surface area contributed by atoms with Gasteiger partial charge in [0.2, 0.25) is 0 Å². The Hall–Kier alpha value is -2.90. The summed E-state index contributed by atoms with van der Waals surface area (Å²) in [5.74, 6) is 0. The van der Waals surface area contributed by atoms with Gasteiger partial charge in [-0.1, -0.05) is 72.3 Å². The van der Waals surface area contributed by atoms with Crippen molar-refractivity contribution in [3.63, 3.8) is 0 Å². The Morgan fingerprint density at radius 1 is 0.520 bits per heavy atom. The standard InChI is InChI=1S/C23H16ClN/c24-22-11-9-18(10-12-22)23-16-21(13-14-25-23)20-8-4-7-19(15-20)17-5-2-1-3-6-17/h1-16H. The first kappa shape index (κ1) is 15.6. The number of nitrogens with zero attached hydrogens (tertiary/aromatic N) is 1. The maximum absolute atomic E-state index is 5.98. The average molecular weight is 342 g/mol. The van der Waals surface area contributed by atoms with Crippen molar-refractivity contribution in [1.29, 1.82) is 0 Å². The molecule has 0 saturated heterocycles. The maximum atomic E-state index is 5.98. The molecule has 0 bridgehead atoms. The smallest absolute Gasteiger partial charge is 0.0708 e. The number of aromatic nitrogens is 1. The molecule has 120 valence electrons. The number of pyridine rings is 1. The van der Waals surface area contributed by atoms with E-state index in [0.717, 1.165) is 21.8 Å². The van der Waals surface area contributed by atoms with Crippen LogP contribution in [-0.4, -0.2) is 4.98 Å². The fraction of sp³-hybridized carbons (Fsp3) is 0. The zero-order valence-electron chi connectivity index (χ0n) is 13.6. The minimum Gasteiger partial charge on any atom is -0.256 e. The third kappa shape index (κ3) is 3.47. The van der Waals surface area contributed by atoms with E-state index in [4.69, 9.17) is 11.6 Å². The van der Waals surface area contributed by atoms with E-state index in [9.17, 15) is 0 Å². The van der Waals surface area contributed by atoms with E-state index in [0.29, 0.717) is 0 Å². The highest BCUT2D eigenvalue weighted by Gasteiger charge is 2.05. The lowest BCUT2D eigenvalue weighted by Crippen LogP contribution is -1.86. The number of halogens is 1. The molecule has 4 aromatic rings. The number of rotatable bonds is 3. The minimum absolute atomic E-state index is 0.732. The van der Waals surface area contributed by atoms with Crippen LogP contribution in [0.1, 0.15) is 0 Å². The normalized spacial score (nSPS) is 10.6. The lowest BCUT2D eigenvalue weighted by molar-refractivity contribution is 1.33. The molecule has 0 N–H and O–H groups in total.